The molecule has 0 amide bonds. The second-order valence-corrected chi connectivity index (χ2v) is 4.64. The van der Waals surface area contributed by atoms with Crippen molar-refractivity contribution >= 4 is 5.78 Å². The van der Waals surface area contributed by atoms with E-state index in [9.17, 15) is 4.79 Å². The van der Waals surface area contributed by atoms with Crippen LogP contribution in [0.5, 0.6) is 0 Å². The maximum absolute atomic E-state index is 11.8. The van der Waals surface area contributed by atoms with E-state index >= 15 is 0 Å². The number of aromatic nitrogens is 1. The van der Waals surface area contributed by atoms with Crippen molar-refractivity contribution in [2.45, 2.75) is 19.9 Å². The minimum atomic E-state index is 0.0300. The first-order valence-corrected chi connectivity index (χ1v) is 6.52. The molecule has 1 aromatic heterocycles. The number of hydrogen-bond donors (Lipinski definition) is 0. The van der Waals surface area contributed by atoms with Gasteiger partial charge >= 0.3 is 0 Å². The van der Waals surface area contributed by atoms with Gasteiger partial charge in [-0.3, -0.25) is 14.7 Å². The van der Waals surface area contributed by atoms with Gasteiger partial charge in [0.05, 0.1) is 24.8 Å². The standard InChI is InChI=1S/C14H20N2O2/c1-2-16(10-13-5-3-4-7-15-13)9-12-11-18-8-6-14(12)17/h3-5,7,12H,2,6,8-11H2,1H3. The fourth-order valence-corrected chi connectivity index (χ4v) is 2.19. The van der Waals surface area contributed by atoms with E-state index in [1.807, 2.05) is 18.2 Å². The predicted octanol–water partition coefficient (Wildman–Crippen LogP) is 1.51. The fourth-order valence-electron chi connectivity index (χ4n) is 2.19. The molecule has 0 aliphatic carbocycles. The molecule has 1 aliphatic rings. The number of carbonyl (C=O) groups is 1. The summed E-state index contributed by atoms with van der Waals surface area (Å²) in [5.41, 5.74) is 1.04. The van der Waals surface area contributed by atoms with Gasteiger partial charge in [-0.05, 0) is 18.7 Å². The zero-order valence-electron chi connectivity index (χ0n) is 10.8. The SMILES string of the molecule is CCN(Cc1ccccn1)CC1COCCC1=O. The third-order valence-electron chi connectivity index (χ3n) is 3.30. The van der Waals surface area contributed by atoms with Crippen LogP contribution in [0.25, 0.3) is 0 Å². The summed E-state index contributed by atoms with van der Waals surface area (Å²) in [6.45, 7) is 5.74. The Hall–Kier alpha value is -1.26. The Morgan fingerprint density at radius 2 is 2.39 bits per heavy atom. The average molecular weight is 248 g/mol. The Bertz CT molecular complexity index is 381. The van der Waals surface area contributed by atoms with Crippen LogP contribution in [-0.4, -0.2) is 42.0 Å². The lowest BCUT2D eigenvalue weighted by Crippen LogP contribution is -2.38. The minimum Gasteiger partial charge on any atom is -0.380 e. The molecule has 1 aliphatic heterocycles. The molecule has 1 saturated heterocycles. The predicted molar refractivity (Wildman–Crippen MR) is 69.1 cm³/mol. The summed E-state index contributed by atoms with van der Waals surface area (Å²) in [6.07, 6.45) is 2.36. The molecule has 0 bridgehead atoms. The Kier molecular flexibility index (Phi) is 4.84. The summed E-state index contributed by atoms with van der Waals surface area (Å²) in [7, 11) is 0. The zero-order chi connectivity index (χ0) is 12.8. The first kappa shape index (κ1) is 13.2. The van der Waals surface area contributed by atoms with Crippen LogP contribution in [0.15, 0.2) is 24.4 Å². The summed E-state index contributed by atoms with van der Waals surface area (Å²) in [5, 5.41) is 0. The highest BCUT2D eigenvalue weighted by Crippen LogP contribution is 2.13. The van der Waals surface area contributed by atoms with E-state index in [0.29, 0.717) is 25.4 Å². The van der Waals surface area contributed by atoms with Gasteiger partial charge < -0.3 is 4.74 Å². The first-order chi connectivity index (χ1) is 8.79. The summed E-state index contributed by atoms with van der Waals surface area (Å²) in [5.74, 6) is 0.364. The van der Waals surface area contributed by atoms with Crippen molar-refractivity contribution in [1.29, 1.82) is 0 Å². The van der Waals surface area contributed by atoms with Crippen molar-refractivity contribution in [2.24, 2.45) is 5.92 Å². The molecule has 0 N–H and O–H groups in total. The number of rotatable bonds is 5. The number of pyridine rings is 1. The molecule has 2 heterocycles. The van der Waals surface area contributed by atoms with Crippen LogP contribution in [0.3, 0.4) is 0 Å². The van der Waals surface area contributed by atoms with E-state index in [4.69, 9.17) is 4.74 Å². The lowest BCUT2D eigenvalue weighted by Gasteiger charge is -2.27. The van der Waals surface area contributed by atoms with Crippen molar-refractivity contribution in [3.05, 3.63) is 30.1 Å². The van der Waals surface area contributed by atoms with Crippen LogP contribution < -0.4 is 0 Å². The van der Waals surface area contributed by atoms with Crippen LogP contribution in [0, 0.1) is 5.92 Å². The molecule has 98 valence electrons. The number of ketones is 1. The third-order valence-corrected chi connectivity index (χ3v) is 3.30. The topological polar surface area (TPSA) is 42.4 Å². The first-order valence-electron chi connectivity index (χ1n) is 6.52. The van der Waals surface area contributed by atoms with Crippen LogP contribution in [0.2, 0.25) is 0 Å². The summed E-state index contributed by atoms with van der Waals surface area (Å²) < 4.78 is 5.38. The Balaban J connectivity index is 1.90. The number of carbonyl (C=O) groups excluding carboxylic acids is 1. The molecule has 1 aromatic rings. The van der Waals surface area contributed by atoms with Gasteiger partial charge in [0.25, 0.3) is 0 Å². The van der Waals surface area contributed by atoms with Gasteiger partial charge in [-0.25, -0.2) is 0 Å². The molecule has 1 fully saturated rings. The van der Waals surface area contributed by atoms with Gasteiger partial charge in [0.15, 0.2) is 0 Å². The molecule has 0 radical (unpaired) electrons. The molecule has 18 heavy (non-hydrogen) atoms. The van der Waals surface area contributed by atoms with E-state index in [1.165, 1.54) is 0 Å². The Labute approximate surface area is 108 Å². The second kappa shape index (κ2) is 6.61. The van der Waals surface area contributed by atoms with Crippen LogP contribution in [-0.2, 0) is 16.1 Å². The van der Waals surface area contributed by atoms with Gasteiger partial charge in [0.1, 0.15) is 5.78 Å². The largest absolute Gasteiger partial charge is 0.380 e. The van der Waals surface area contributed by atoms with Gasteiger partial charge in [-0.15, -0.1) is 0 Å². The molecule has 0 spiro atoms. The number of Topliss-reactive ketones (excluding diaryl/α,β-unsaturated/α-hetero) is 1. The van der Waals surface area contributed by atoms with Crippen LogP contribution >= 0.6 is 0 Å². The smallest absolute Gasteiger partial charge is 0.141 e. The molecule has 4 nitrogen and oxygen atoms in total. The van der Waals surface area contributed by atoms with Crippen molar-refractivity contribution in [3.8, 4) is 0 Å². The van der Waals surface area contributed by atoms with Crippen molar-refractivity contribution in [3.63, 3.8) is 0 Å². The zero-order valence-corrected chi connectivity index (χ0v) is 10.8. The quantitative estimate of drug-likeness (QED) is 0.792. The lowest BCUT2D eigenvalue weighted by molar-refractivity contribution is -0.131. The third kappa shape index (κ3) is 3.62. The Morgan fingerprint density at radius 1 is 1.50 bits per heavy atom. The summed E-state index contributed by atoms with van der Waals surface area (Å²) >= 11 is 0. The van der Waals surface area contributed by atoms with Crippen molar-refractivity contribution in [1.82, 2.24) is 9.88 Å². The van der Waals surface area contributed by atoms with Crippen molar-refractivity contribution in [2.75, 3.05) is 26.3 Å². The highest BCUT2D eigenvalue weighted by molar-refractivity contribution is 5.82. The molecule has 1 atom stereocenters. The number of ether oxygens (including phenoxy) is 1. The lowest BCUT2D eigenvalue weighted by atomic mass is 10.00. The monoisotopic (exact) mass is 248 g/mol. The van der Waals surface area contributed by atoms with Gasteiger partial charge in [0, 0.05) is 25.7 Å². The molecular weight excluding hydrogens is 228 g/mol. The van der Waals surface area contributed by atoms with E-state index in [-0.39, 0.29) is 5.92 Å². The highest BCUT2D eigenvalue weighted by atomic mass is 16.5. The second-order valence-electron chi connectivity index (χ2n) is 4.64. The van der Waals surface area contributed by atoms with Gasteiger partial charge in [-0.1, -0.05) is 13.0 Å². The highest BCUT2D eigenvalue weighted by Gasteiger charge is 2.24. The van der Waals surface area contributed by atoms with E-state index < -0.39 is 0 Å². The molecular formula is C14H20N2O2. The molecule has 2 rings (SSSR count). The molecule has 0 aromatic carbocycles. The number of hydrogen-bond acceptors (Lipinski definition) is 4. The normalized spacial score (nSPS) is 20.3. The maximum Gasteiger partial charge on any atom is 0.141 e. The maximum atomic E-state index is 11.8. The van der Waals surface area contributed by atoms with Crippen LogP contribution in [0.1, 0.15) is 19.0 Å². The minimum absolute atomic E-state index is 0.0300. The van der Waals surface area contributed by atoms with Crippen LogP contribution in [0.4, 0.5) is 0 Å². The average Bonchev–Trinajstić information content (AvgIpc) is 2.41. The Morgan fingerprint density at radius 3 is 3.06 bits per heavy atom. The molecule has 4 heteroatoms. The summed E-state index contributed by atoms with van der Waals surface area (Å²) in [6, 6.07) is 5.92. The van der Waals surface area contributed by atoms with E-state index in [0.717, 1.165) is 25.3 Å². The van der Waals surface area contributed by atoms with Gasteiger partial charge in [-0.2, -0.15) is 0 Å². The molecule has 0 saturated carbocycles. The van der Waals surface area contributed by atoms with E-state index in [1.54, 1.807) is 6.20 Å². The van der Waals surface area contributed by atoms with Crippen molar-refractivity contribution < 1.29 is 9.53 Å². The number of nitrogens with zero attached hydrogens (tertiary/aromatic N) is 2. The molecule has 1 unspecified atom stereocenters. The van der Waals surface area contributed by atoms with E-state index in [2.05, 4.69) is 16.8 Å². The summed E-state index contributed by atoms with van der Waals surface area (Å²) in [4.78, 5) is 18.3. The van der Waals surface area contributed by atoms with Gasteiger partial charge in [0.2, 0.25) is 0 Å². The fraction of sp³-hybridized carbons (Fsp3) is 0.571.